The van der Waals surface area contributed by atoms with E-state index in [-0.39, 0.29) is 11.9 Å². The summed E-state index contributed by atoms with van der Waals surface area (Å²) in [5, 5.41) is 17.3. The first-order valence-corrected chi connectivity index (χ1v) is 14.7. The molecule has 0 spiro atoms. The van der Waals surface area contributed by atoms with Crippen LogP contribution < -0.4 is 4.74 Å². The van der Waals surface area contributed by atoms with E-state index in [2.05, 4.69) is 34.5 Å². The maximum absolute atomic E-state index is 12.9. The van der Waals surface area contributed by atoms with E-state index < -0.39 is 0 Å². The van der Waals surface area contributed by atoms with Crippen LogP contribution in [0.5, 0.6) is 5.75 Å². The van der Waals surface area contributed by atoms with E-state index in [1.165, 1.54) is 5.56 Å². The van der Waals surface area contributed by atoms with Gasteiger partial charge in [0.2, 0.25) is 0 Å². The second-order valence-corrected chi connectivity index (χ2v) is 11.2. The summed E-state index contributed by atoms with van der Waals surface area (Å²) in [6.07, 6.45) is 5.33. The Bertz CT molecular complexity index is 1660. The summed E-state index contributed by atoms with van der Waals surface area (Å²) in [6, 6.07) is 14.8. The normalized spacial score (nSPS) is 19.1. The molecule has 2 amide bonds. The number of likely N-dealkylation sites (tertiary alicyclic amines) is 1. The molecule has 3 aliphatic rings. The number of fused-ring (bicyclic) bond motifs is 2. The molecule has 0 bridgehead atoms. The van der Waals surface area contributed by atoms with Crippen molar-refractivity contribution in [2.75, 3.05) is 46.5 Å². The molecule has 2 fully saturated rings. The zero-order chi connectivity index (χ0) is 28.6. The molecule has 1 N–H and O–H groups in total. The first-order valence-electron chi connectivity index (χ1n) is 14.7. The number of pyridine rings is 2. The van der Waals surface area contributed by atoms with Crippen LogP contribution in [0.4, 0.5) is 4.79 Å². The summed E-state index contributed by atoms with van der Waals surface area (Å²) >= 11 is 0. The lowest BCUT2D eigenvalue weighted by Gasteiger charge is -2.37. The summed E-state index contributed by atoms with van der Waals surface area (Å²) in [5.41, 5.74) is 8.22. The fraction of sp³-hybridized carbons (Fsp3) is 0.406. The van der Waals surface area contributed by atoms with Gasteiger partial charge in [-0.05, 0) is 48.9 Å². The Morgan fingerprint density at radius 2 is 1.88 bits per heavy atom. The minimum absolute atomic E-state index is 0.0822. The molecule has 7 rings (SSSR count). The highest BCUT2D eigenvalue weighted by Crippen LogP contribution is 2.42. The predicted octanol–water partition coefficient (Wildman–Crippen LogP) is 4.88. The number of benzene rings is 1. The van der Waals surface area contributed by atoms with Crippen molar-refractivity contribution < 1.29 is 14.3 Å². The molecule has 4 aromatic rings. The van der Waals surface area contributed by atoms with Gasteiger partial charge in [-0.15, -0.1) is 0 Å². The number of hydrogen-bond donors (Lipinski definition) is 1. The number of H-pyrrole nitrogens is 1. The van der Waals surface area contributed by atoms with Crippen LogP contribution in [0.3, 0.4) is 0 Å². The highest BCUT2D eigenvalue weighted by Gasteiger charge is 2.29. The molecule has 1 aliphatic carbocycles. The Morgan fingerprint density at radius 1 is 1.07 bits per heavy atom. The number of aromatic amines is 1. The monoisotopic (exact) mass is 563 g/mol. The van der Waals surface area contributed by atoms with Gasteiger partial charge in [0, 0.05) is 61.2 Å². The molecule has 2 aliphatic heterocycles. The number of methoxy groups -OCH3 is 1. The van der Waals surface area contributed by atoms with Gasteiger partial charge in [-0.3, -0.25) is 10.1 Å². The standard InChI is InChI=1S/C32H33N7O3/c1-41-28-17-27-31(35-30(28)25-4-2-3-23-21(18-33)5-7-24(23)25)29(37-36-27)22-6-8-26(34-19-22)20-9-11-38(12-10-20)32(40)39-13-15-42-16-14-39/h2-4,6,8,17,19-21H,5,7,9-16H2,1H3,(H,36,37). The summed E-state index contributed by atoms with van der Waals surface area (Å²) in [5.74, 6) is 0.898. The third-order valence-electron chi connectivity index (χ3n) is 8.93. The highest BCUT2D eigenvalue weighted by molar-refractivity contribution is 5.93. The van der Waals surface area contributed by atoms with E-state index in [0.29, 0.717) is 38.0 Å². The Hall–Kier alpha value is -4.49. The molecule has 1 atom stereocenters. The van der Waals surface area contributed by atoms with Crippen molar-refractivity contribution >= 4 is 17.1 Å². The third kappa shape index (κ3) is 4.64. The smallest absolute Gasteiger partial charge is 0.320 e. The summed E-state index contributed by atoms with van der Waals surface area (Å²) in [7, 11) is 1.65. The van der Waals surface area contributed by atoms with Crippen molar-refractivity contribution in [1.82, 2.24) is 30.0 Å². The van der Waals surface area contributed by atoms with Crippen molar-refractivity contribution in [2.45, 2.75) is 37.5 Å². The molecule has 1 aromatic carbocycles. The molecule has 1 unspecified atom stereocenters. The van der Waals surface area contributed by atoms with Gasteiger partial charge in [0.05, 0.1) is 37.8 Å². The van der Waals surface area contributed by atoms with Gasteiger partial charge >= 0.3 is 6.03 Å². The number of piperidine rings is 1. The number of nitrogens with zero attached hydrogens (tertiary/aromatic N) is 6. The SMILES string of the molecule is COc1cc2[nH]nc(-c3ccc(C4CCN(C(=O)N5CCOCC5)CC4)nc3)c2nc1-c1cccc2c1CCC2C#N. The average Bonchev–Trinajstić information content (AvgIpc) is 3.68. The van der Waals surface area contributed by atoms with Crippen molar-refractivity contribution in [3.63, 3.8) is 0 Å². The summed E-state index contributed by atoms with van der Waals surface area (Å²) in [6.45, 7) is 4.04. The van der Waals surface area contributed by atoms with E-state index in [1.807, 2.05) is 34.2 Å². The lowest BCUT2D eigenvalue weighted by molar-refractivity contribution is 0.0411. The largest absolute Gasteiger partial charge is 0.494 e. The van der Waals surface area contributed by atoms with Crippen LogP contribution in [0.15, 0.2) is 42.6 Å². The number of rotatable bonds is 4. The number of carbonyl (C=O) groups excluding carboxylic acids is 1. The van der Waals surface area contributed by atoms with Crippen LogP contribution >= 0.6 is 0 Å². The lowest BCUT2D eigenvalue weighted by atomic mass is 9.93. The van der Waals surface area contributed by atoms with Crippen LogP contribution in [-0.4, -0.2) is 82.5 Å². The topological polar surface area (TPSA) is 120 Å². The van der Waals surface area contributed by atoms with Crippen molar-refractivity contribution in [1.29, 1.82) is 5.26 Å². The number of urea groups is 1. The van der Waals surface area contributed by atoms with Crippen LogP contribution in [0.1, 0.15) is 47.9 Å². The van der Waals surface area contributed by atoms with Gasteiger partial charge in [-0.25, -0.2) is 9.78 Å². The minimum atomic E-state index is -0.0822. The maximum atomic E-state index is 12.9. The van der Waals surface area contributed by atoms with E-state index in [1.54, 1.807) is 7.11 Å². The summed E-state index contributed by atoms with van der Waals surface area (Å²) in [4.78, 5) is 26.6. The molecular weight excluding hydrogens is 530 g/mol. The number of nitriles is 1. The number of ether oxygens (including phenoxy) is 2. The zero-order valence-electron chi connectivity index (χ0n) is 23.7. The van der Waals surface area contributed by atoms with E-state index in [9.17, 15) is 10.1 Å². The van der Waals surface area contributed by atoms with Crippen molar-refractivity contribution in [3.05, 3.63) is 59.4 Å². The Kier molecular flexibility index (Phi) is 6.96. The molecule has 2 saturated heterocycles. The van der Waals surface area contributed by atoms with Crippen LogP contribution in [0.25, 0.3) is 33.5 Å². The van der Waals surface area contributed by atoms with Crippen LogP contribution in [0, 0.1) is 11.3 Å². The molecule has 0 radical (unpaired) electrons. The summed E-state index contributed by atoms with van der Waals surface area (Å²) < 4.78 is 11.1. The number of amides is 2. The molecule has 0 saturated carbocycles. The van der Waals surface area contributed by atoms with Gasteiger partial charge in [-0.2, -0.15) is 10.4 Å². The molecule has 214 valence electrons. The predicted molar refractivity (Wildman–Crippen MR) is 157 cm³/mol. The van der Waals surface area contributed by atoms with Gasteiger partial charge in [0.15, 0.2) is 0 Å². The fourth-order valence-corrected chi connectivity index (χ4v) is 6.60. The average molecular weight is 564 g/mol. The van der Waals surface area contributed by atoms with Crippen LogP contribution in [-0.2, 0) is 11.2 Å². The van der Waals surface area contributed by atoms with Gasteiger partial charge < -0.3 is 19.3 Å². The third-order valence-corrected chi connectivity index (χ3v) is 8.93. The Balaban J connectivity index is 1.12. The molecule has 42 heavy (non-hydrogen) atoms. The molecular formula is C32H33N7O3. The second kappa shape index (κ2) is 11.1. The number of aromatic nitrogens is 4. The molecule has 10 nitrogen and oxygen atoms in total. The first-order chi connectivity index (χ1) is 20.6. The van der Waals surface area contributed by atoms with Crippen molar-refractivity contribution in [3.8, 4) is 34.3 Å². The first kappa shape index (κ1) is 26.4. The molecule has 10 heteroatoms. The number of morpholine rings is 1. The molecule has 3 aromatic heterocycles. The lowest BCUT2D eigenvalue weighted by Crippen LogP contribution is -2.50. The van der Waals surface area contributed by atoms with Crippen molar-refractivity contribution in [2.24, 2.45) is 0 Å². The highest BCUT2D eigenvalue weighted by atomic mass is 16.5. The van der Waals surface area contributed by atoms with Crippen LogP contribution in [0.2, 0.25) is 0 Å². The van der Waals surface area contributed by atoms with Gasteiger partial charge in [-0.1, -0.05) is 18.2 Å². The fourth-order valence-electron chi connectivity index (χ4n) is 6.60. The van der Waals surface area contributed by atoms with Gasteiger partial charge in [0.1, 0.15) is 22.7 Å². The van der Waals surface area contributed by atoms with E-state index in [0.717, 1.165) is 83.6 Å². The zero-order valence-corrected chi connectivity index (χ0v) is 23.7. The number of carbonyl (C=O) groups is 1. The number of hydrogen-bond acceptors (Lipinski definition) is 7. The van der Waals surface area contributed by atoms with E-state index in [4.69, 9.17) is 19.4 Å². The van der Waals surface area contributed by atoms with E-state index >= 15 is 0 Å². The second-order valence-electron chi connectivity index (χ2n) is 11.2. The molecule has 5 heterocycles. The maximum Gasteiger partial charge on any atom is 0.320 e. The Labute approximate surface area is 244 Å². The van der Waals surface area contributed by atoms with Gasteiger partial charge in [0.25, 0.3) is 0 Å². The number of nitrogens with one attached hydrogen (secondary N) is 1. The Morgan fingerprint density at radius 3 is 2.62 bits per heavy atom. The quantitative estimate of drug-likeness (QED) is 0.376. The minimum Gasteiger partial charge on any atom is -0.494 e.